The van der Waals surface area contributed by atoms with E-state index in [-0.39, 0.29) is 18.5 Å². The number of pyridine rings is 1. The monoisotopic (exact) mass is 386 g/mol. The van der Waals surface area contributed by atoms with E-state index in [1.54, 1.807) is 12.1 Å². The number of ether oxygens (including phenoxy) is 1. The van der Waals surface area contributed by atoms with Crippen LogP contribution in [0, 0.1) is 12.7 Å². The van der Waals surface area contributed by atoms with Crippen LogP contribution < -0.4 is 4.74 Å². The van der Waals surface area contributed by atoms with Crippen LogP contribution in [0.15, 0.2) is 41.6 Å². The fourth-order valence-corrected chi connectivity index (χ4v) is 3.46. The minimum absolute atomic E-state index is 0.178. The molecule has 1 fully saturated rings. The third-order valence-electron chi connectivity index (χ3n) is 5.17. The fraction of sp³-hybridized carbons (Fsp3) is 0.429. The van der Waals surface area contributed by atoms with Crippen LogP contribution in [-0.2, 0) is 6.61 Å². The second-order valence-electron chi connectivity index (χ2n) is 7.29. The number of hydrogen-bond acceptors (Lipinski definition) is 5. The van der Waals surface area contributed by atoms with Crippen LogP contribution in [-0.4, -0.2) is 59.1 Å². The van der Waals surface area contributed by atoms with Gasteiger partial charge < -0.3 is 19.7 Å². The van der Waals surface area contributed by atoms with E-state index in [0.29, 0.717) is 22.8 Å². The zero-order valence-corrected chi connectivity index (χ0v) is 16.6. The third-order valence-corrected chi connectivity index (χ3v) is 5.17. The molecule has 0 atom stereocenters. The molecular formula is C21H27FN4O2. The second-order valence-corrected chi connectivity index (χ2v) is 7.29. The van der Waals surface area contributed by atoms with E-state index in [2.05, 4.69) is 22.1 Å². The first-order chi connectivity index (χ1) is 13.5. The Kier molecular flexibility index (Phi) is 6.46. The topological polar surface area (TPSA) is 61.2 Å². The van der Waals surface area contributed by atoms with Crippen molar-refractivity contribution < 1.29 is 14.3 Å². The van der Waals surface area contributed by atoms with Gasteiger partial charge in [0.05, 0.1) is 5.56 Å². The molecule has 6 nitrogen and oxygen atoms in total. The van der Waals surface area contributed by atoms with Gasteiger partial charge >= 0.3 is 0 Å². The van der Waals surface area contributed by atoms with E-state index in [0.717, 1.165) is 31.6 Å². The summed E-state index contributed by atoms with van der Waals surface area (Å²) in [6, 6.07) is 10.3. The standard InChI is InChI=1S/C21H27FN4O2/c1-15-7-8-19(20(24-27)26(3)18-9-11-25(2)12-10-18)21(23-15)28-14-16-5-4-6-17(22)13-16/h4-8,13,18,27H,9-12,14H2,1-3H3/b24-20-. The molecule has 1 N–H and O–H groups in total. The normalized spacial score (nSPS) is 16.2. The molecule has 0 bridgehead atoms. The largest absolute Gasteiger partial charge is 0.472 e. The Bertz CT molecular complexity index is 835. The molecule has 0 amide bonds. The first kappa shape index (κ1) is 20.1. The van der Waals surface area contributed by atoms with Gasteiger partial charge in [0.15, 0.2) is 5.84 Å². The number of benzene rings is 1. The van der Waals surface area contributed by atoms with Crippen LogP contribution in [0.4, 0.5) is 4.39 Å². The molecule has 1 aliphatic heterocycles. The first-order valence-corrected chi connectivity index (χ1v) is 9.46. The highest BCUT2D eigenvalue weighted by Crippen LogP contribution is 2.23. The predicted molar refractivity (Wildman–Crippen MR) is 106 cm³/mol. The molecule has 0 spiro atoms. The molecule has 1 saturated heterocycles. The van der Waals surface area contributed by atoms with Crippen molar-refractivity contribution in [2.24, 2.45) is 5.16 Å². The molecule has 2 aromatic rings. The van der Waals surface area contributed by atoms with E-state index in [1.807, 2.05) is 31.0 Å². The smallest absolute Gasteiger partial charge is 0.225 e. The van der Waals surface area contributed by atoms with Crippen LogP contribution in [0.5, 0.6) is 5.88 Å². The van der Waals surface area contributed by atoms with Gasteiger partial charge in [-0.15, -0.1) is 0 Å². The molecule has 7 heteroatoms. The highest BCUT2D eigenvalue weighted by molar-refractivity contribution is 6.00. The quantitative estimate of drug-likeness (QED) is 0.370. The van der Waals surface area contributed by atoms with E-state index in [4.69, 9.17) is 4.74 Å². The summed E-state index contributed by atoms with van der Waals surface area (Å²) in [5.41, 5.74) is 2.11. The molecule has 1 aromatic heterocycles. The first-order valence-electron chi connectivity index (χ1n) is 9.46. The lowest BCUT2D eigenvalue weighted by Crippen LogP contribution is -2.44. The summed E-state index contributed by atoms with van der Waals surface area (Å²) in [5.74, 6) is 0.492. The SMILES string of the molecule is Cc1ccc(/C(=N/O)N(C)C2CCN(C)CC2)c(OCc2cccc(F)c2)n1. The van der Waals surface area contributed by atoms with Gasteiger partial charge in [-0.2, -0.15) is 0 Å². The molecule has 0 saturated carbocycles. The number of hydrogen-bond donors (Lipinski definition) is 1. The predicted octanol–water partition coefficient (Wildman–Crippen LogP) is 3.27. The van der Waals surface area contributed by atoms with E-state index >= 15 is 0 Å². The Balaban J connectivity index is 1.81. The number of rotatable bonds is 5. The highest BCUT2D eigenvalue weighted by atomic mass is 19.1. The number of aromatic nitrogens is 1. The van der Waals surface area contributed by atoms with Gasteiger partial charge in [0, 0.05) is 18.8 Å². The summed E-state index contributed by atoms with van der Waals surface area (Å²) in [5, 5.41) is 13.3. The van der Waals surface area contributed by atoms with Crippen molar-refractivity contribution in [3.63, 3.8) is 0 Å². The average Bonchev–Trinajstić information content (AvgIpc) is 2.69. The Labute approximate surface area is 165 Å². The van der Waals surface area contributed by atoms with Crippen LogP contribution in [0.3, 0.4) is 0 Å². The molecule has 28 heavy (non-hydrogen) atoms. The average molecular weight is 386 g/mol. The number of oxime groups is 1. The molecule has 0 unspecified atom stereocenters. The number of aryl methyl sites for hydroxylation is 1. The van der Waals surface area contributed by atoms with Crippen LogP contribution in [0.25, 0.3) is 0 Å². The third kappa shape index (κ3) is 4.78. The van der Waals surface area contributed by atoms with Gasteiger partial charge in [-0.3, -0.25) is 0 Å². The van der Waals surface area contributed by atoms with Gasteiger partial charge in [0.25, 0.3) is 0 Å². The summed E-state index contributed by atoms with van der Waals surface area (Å²) in [6.07, 6.45) is 1.98. The Hall–Kier alpha value is -2.67. The zero-order valence-electron chi connectivity index (χ0n) is 16.6. The molecule has 3 rings (SSSR count). The van der Waals surface area contributed by atoms with Crippen molar-refractivity contribution in [2.75, 3.05) is 27.2 Å². The van der Waals surface area contributed by atoms with E-state index in [1.165, 1.54) is 12.1 Å². The number of piperidine rings is 1. The molecule has 150 valence electrons. The molecule has 1 aromatic carbocycles. The lowest BCUT2D eigenvalue weighted by molar-refractivity contribution is 0.187. The van der Waals surface area contributed by atoms with Crippen molar-refractivity contribution in [2.45, 2.75) is 32.4 Å². The summed E-state index contributed by atoms with van der Waals surface area (Å²) < 4.78 is 19.3. The second kappa shape index (κ2) is 9.01. The Morgan fingerprint density at radius 1 is 1.32 bits per heavy atom. The number of nitrogens with zero attached hydrogens (tertiary/aromatic N) is 4. The van der Waals surface area contributed by atoms with Gasteiger partial charge in [-0.05, 0) is 69.7 Å². The van der Waals surface area contributed by atoms with Crippen molar-refractivity contribution in [3.8, 4) is 5.88 Å². The molecule has 2 heterocycles. The molecule has 1 aliphatic rings. The summed E-state index contributed by atoms with van der Waals surface area (Å²) in [7, 11) is 4.04. The Morgan fingerprint density at radius 3 is 2.75 bits per heavy atom. The summed E-state index contributed by atoms with van der Waals surface area (Å²) in [4.78, 5) is 8.76. The van der Waals surface area contributed by atoms with E-state index in [9.17, 15) is 9.60 Å². The van der Waals surface area contributed by atoms with Crippen LogP contribution in [0.2, 0.25) is 0 Å². The van der Waals surface area contributed by atoms with Crippen LogP contribution >= 0.6 is 0 Å². The molecule has 0 aliphatic carbocycles. The minimum atomic E-state index is -0.307. The molecule has 0 radical (unpaired) electrons. The maximum absolute atomic E-state index is 13.4. The summed E-state index contributed by atoms with van der Waals surface area (Å²) in [6.45, 7) is 4.05. The number of likely N-dealkylation sites (tertiary alicyclic amines) is 1. The maximum Gasteiger partial charge on any atom is 0.225 e. The minimum Gasteiger partial charge on any atom is -0.472 e. The Morgan fingerprint density at radius 2 is 2.07 bits per heavy atom. The number of halogens is 1. The fourth-order valence-electron chi connectivity index (χ4n) is 3.46. The summed E-state index contributed by atoms with van der Waals surface area (Å²) >= 11 is 0. The van der Waals surface area contributed by atoms with Crippen molar-refractivity contribution >= 4 is 5.84 Å². The van der Waals surface area contributed by atoms with E-state index < -0.39 is 0 Å². The molecular weight excluding hydrogens is 359 g/mol. The van der Waals surface area contributed by atoms with Crippen molar-refractivity contribution in [3.05, 3.63) is 59.0 Å². The van der Waals surface area contributed by atoms with Gasteiger partial charge in [0.2, 0.25) is 5.88 Å². The van der Waals surface area contributed by atoms with Crippen molar-refractivity contribution in [1.82, 2.24) is 14.8 Å². The lowest BCUT2D eigenvalue weighted by Gasteiger charge is -2.36. The highest BCUT2D eigenvalue weighted by Gasteiger charge is 2.26. The van der Waals surface area contributed by atoms with Crippen LogP contribution in [0.1, 0.15) is 29.7 Å². The van der Waals surface area contributed by atoms with Crippen molar-refractivity contribution in [1.29, 1.82) is 0 Å². The van der Waals surface area contributed by atoms with Gasteiger partial charge in [-0.1, -0.05) is 17.3 Å². The van der Waals surface area contributed by atoms with Gasteiger partial charge in [0.1, 0.15) is 12.4 Å². The van der Waals surface area contributed by atoms with Gasteiger partial charge in [-0.25, -0.2) is 9.37 Å². The lowest BCUT2D eigenvalue weighted by atomic mass is 10.0. The zero-order chi connectivity index (χ0) is 20.1. The number of amidine groups is 1. The maximum atomic E-state index is 13.4.